The summed E-state index contributed by atoms with van der Waals surface area (Å²) in [6, 6.07) is 8.59. The Kier molecular flexibility index (Phi) is 6.29. The van der Waals surface area contributed by atoms with Gasteiger partial charge in [-0.05, 0) is 37.1 Å². The minimum atomic E-state index is -0.812. The van der Waals surface area contributed by atoms with Gasteiger partial charge in [0.1, 0.15) is 5.82 Å². The molecule has 0 radical (unpaired) electrons. The smallest absolute Gasteiger partial charge is 0.254 e. The van der Waals surface area contributed by atoms with E-state index in [0.717, 1.165) is 6.42 Å². The van der Waals surface area contributed by atoms with Crippen molar-refractivity contribution in [1.82, 2.24) is 10.2 Å². The Morgan fingerprint density at radius 1 is 1.17 bits per heavy atom. The maximum atomic E-state index is 14.8. The van der Waals surface area contributed by atoms with Crippen LogP contribution >= 0.6 is 0 Å². The van der Waals surface area contributed by atoms with Gasteiger partial charge in [-0.2, -0.15) is 0 Å². The lowest BCUT2D eigenvalue weighted by Gasteiger charge is -2.40. The zero-order valence-corrected chi connectivity index (χ0v) is 17.9. The molecule has 2 amide bonds. The van der Waals surface area contributed by atoms with Crippen LogP contribution in [0.25, 0.3) is 0 Å². The fourth-order valence-corrected chi connectivity index (χ4v) is 3.87. The van der Waals surface area contributed by atoms with Crippen molar-refractivity contribution in [2.24, 2.45) is 0 Å². The summed E-state index contributed by atoms with van der Waals surface area (Å²) in [5.41, 5.74) is 1.12. The molecule has 0 saturated heterocycles. The topological polar surface area (TPSA) is 67.9 Å². The highest BCUT2D eigenvalue weighted by Gasteiger charge is 2.44. The molecule has 3 atom stereocenters. The van der Waals surface area contributed by atoms with Gasteiger partial charge in [0.15, 0.2) is 11.5 Å². The van der Waals surface area contributed by atoms with Crippen LogP contribution in [-0.4, -0.2) is 44.0 Å². The number of methoxy groups -OCH3 is 2. The average Bonchev–Trinajstić information content (AvgIpc) is 2.75. The Hall–Kier alpha value is -3.09. The lowest BCUT2D eigenvalue weighted by atomic mass is 9.79. The molecule has 1 heterocycles. The third-order valence-electron chi connectivity index (χ3n) is 5.68. The van der Waals surface area contributed by atoms with Gasteiger partial charge in [0, 0.05) is 24.2 Å². The zero-order chi connectivity index (χ0) is 22.0. The van der Waals surface area contributed by atoms with E-state index in [1.165, 1.54) is 25.2 Å². The van der Waals surface area contributed by atoms with Crippen molar-refractivity contribution in [2.45, 2.75) is 38.3 Å². The highest BCUT2D eigenvalue weighted by atomic mass is 19.1. The van der Waals surface area contributed by atoms with Crippen molar-refractivity contribution in [2.75, 3.05) is 21.3 Å². The fraction of sp³-hybridized carbons (Fsp3) is 0.391. The van der Waals surface area contributed by atoms with Crippen LogP contribution in [0.5, 0.6) is 11.5 Å². The molecule has 1 aliphatic heterocycles. The van der Waals surface area contributed by atoms with Gasteiger partial charge in [0.25, 0.3) is 5.91 Å². The molecule has 160 valence electrons. The molecule has 0 spiro atoms. The number of carbonyl (C=O) groups is 2. The predicted octanol–water partition coefficient (Wildman–Crippen LogP) is 3.67. The first kappa shape index (κ1) is 21.6. The van der Waals surface area contributed by atoms with Gasteiger partial charge >= 0.3 is 0 Å². The first-order chi connectivity index (χ1) is 14.3. The molecule has 6 nitrogen and oxygen atoms in total. The SMILES string of the molecule is CC[C@H](C)NC(=O)[C@H]1c2cc(OC)c(OC)cc2C(=O)N(C)[C@@H]1c1ccccc1F. The van der Waals surface area contributed by atoms with E-state index in [9.17, 15) is 14.0 Å². The van der Waals surface area contributed by atoms with Gasteiger partial charge in [0.05, 0.1) is 26.2 Å². The molecule has 0 saturated carbocycles. The lowest BCUT2D eigenvalue weighted by Crippen LogP contribution is -2.47. The Bertz CT molecular complexity index is 962. The third kappa shape index (κ3) is 3.72. The molecule has 0 aliphatic carbocycles. The zero-order valence-electron chi connectivity index (χ0n) is 17.9. The summed E-state index contributed by atoms with van der Waals surface area (Å²) in [4.78, 5) is 28.0. The standard InChI is InChI=1S/C23H27FN2O4/c1-6-13(2)25-22(27)20-15-11-18(29-4)19(30-5)12-16(15)23(28)26(3)21(20)14-9-7-8-10-17(14)24/h7-13,20-21H,6H2,1-5H3,(H,25,27)/t13-,20-,21+/m0/s1. The molecule has 1 N–H and O–H groups in total. The van der Waals surface area contributed by atoms with E-state index < -0.39 is 17.8 Å². The van der Waals surface area contributed by atoms with Crippen molar-refractivity contribution < 1.29 is 23.5 Å². The third-order valence-corrected chi connectivity index (χ3v) is 5.68. The van der Waals surface area contributed by atoms with Gasteiger partial charge in [-0.1, -0.05) is 25.1 Å². The summed E-state index contributed by atoms with van der Waals surface area (Å²) in [5, 5.41) is 2.99. The minimum absolute atomic E-state index is 0.0645. The van der Waals surface area contributed by atoms with Gasteiger partial charge in [-0.25, -0.2) is 4.39 Å². The maximum Gasteiger partial charge on any atom is 0.254 e. The second-order valence-corrected chi connectivity index (χ2v) is 7.47. The van der Waals surface area contributed by atoms with Crippen molar-refractivity contribution in [3.05, 3.63) is 58.9 Å². The molecule has 2 aromatic carbocycles. The molecule has 7 heteroatoms. The van der Waals surface area contributed by atoms with Crippen LogP contribution in [0.4, 0.5) is 4.39 Å². The molecule has 0 bridgehead atoms. The number of benzene rings is 2. The van der Waals surface area contributed by atoms with E-state index in [1.54, 1.807) is 37.4 Å². The molecule has 1 aliphatic rings. The Morgan fingerprint density at radius 2 is 1.80 bits per heavy atom. The fourth-order valence-electron chi connectivity index (χ4n) is 3.87. The van der Waals surface area contributed by atoms with Crippen LogP contribution in [0.15, 0.2) is 36.4 Å². The average molecular weight is 414 g/mol. The van der Waals surface area contributed by atoms with Crippen molar-refractivity contribution >= 4 is 11.8 Å². The molecular formula is C23H27FN2O4. The first-order valence-corrected chi connectivity index (χ1v) is 9.91. The van der Waals surface area contributed by atoms with Gasteiger partial charge in [0.2, 0.25) is 5.91 Å². The van der Waals surface area contributed by atoms with Crippen LogP contribution in [0, 0.1) is 5.82 Å². The second-order valence-electron chi connectivity index (χ2n) is 7.47. The molecule has 0 fully saturated rings. The lowest BCUT2D eigenvalue weighted by molar-refractivity contribution is -0.124. The predicted molar refractivity (Wildman–Crippen MR) is 111 cm³/mol. The number of fused-ring (bicyclic) bond motifs is 1. The van der Waals surface area contributed by atoms with E-state index in [-0.39, 0.29) is 23.4 Å². The number of hydrogen-bond donors (Lipinski definition) is 1. The molecule has 2 aromatic rings. The summed E-state index contributed by atoms with van der Waals surface area (Å²) in [6.45, 7) is 3.88. The summed E-state index contributed by atoms with van der Waals surface area (Å²) >= 11 is 0. The van der Waals surface area contributed by atoms with Crippen LogP contribution < -0.4 is 14.8 Å². The van der Waals surface area contributed by atoms with E-state index in [4.69, 9.17) is 9.47 Å². The number of hydrogen-bond acceptors (Lipinski definition) is 4. The van der Waals surface area contributed by atoms with Gasteiger partial charge in [-0.15, -0.1) is 0 Å². The molecule has 0 unspecified atom stereocenters. The van der Waals surface area contributed by atoms with E-state index in [0.29, 0.717) is 22.6 Å². The maximum absolute atomic E-state index is 14.8. The first-order valence-electron chi connectivity index (χ1n) is 9.91. The Labute approximate surface area is 176 Å². The largest absolute Gasteiger partial charge is 0.493 e. The van der Waals surface area contributed by atoms with Crippen LogP contribution in [-0.2, 0) is 4.79 Å². The number of rotatable bonds is 6. The van der Waals surface area contributed by atoms with E-state index in [1.807, 2.05) is 13.8 Å². The highest BCUT2D eigenvalue weighted by molar-refractivity contribution is 6.02. The van der Waals surface area contributed by atoms with Gasteiger partial charge in [-0.3, -0.25) is 9.59 Å². The Morgan fingerprint density at radius 3 is 2.40 bits per heavy atom. The number of nitrogens with one attached hydrogen (secondary N) is 1. The number of nitrogens with zero attached hydrogens (tertiary/aromatic N) is 1. The van der Waals surface area contributed by atoms with Crippen LogP contribution in [0.1, 0.15) is 53.7 Å². The summed E-state index contributed by atoms with van der Waals surface area (Å²) in [5.74, 6) is -1.07. The van der Waals surface area contributed by atoms with E-state index in [2.05, 4.69) is 5.32 Å². The second kappa shape index (κ2) is 8.73. The number of amides is 2. The van der Waals surface area contributed by atoms with Gasteiger partial charge < -0.3 is 19.7 Å². The normalized spacial score (nSPS) is 19.1. The quantitative estimate of drug-likeness (QED) is 0.783. The number of likely N-dealkylation sites (N-methyl/N-ethyl adjacent to an activating group) is 1. The van der Waals surface area contributed by atoms with E-state index >= 15 is 0 Å². The summed E-state index contributed by atoms with van der Waals surface area (Å²) in [6.07, 6.45) is 0.746. The summed E-state index contributed by atoms with van der Waals surface area (Å²) < 4.78 is 25.5. The van der Waals surface area contributed by atoms with Crippen molar-refractivity contribution in [1.29, 1.82) is 0 Å². The van der Waals surface area contributed by atoms with Crippen LogP contribution in [0.3, 0.4) is 0 Å². The molecule has 3 rings (SSSR count). The van der Waals surface area contributed by atoms with Crippen molar-refractivity contribution in [3.63, 3.8) is 0 Å². The molecule has 30 heavy (non-hydrogen) atoms. The Balaban J connectivity index is 2.24. The summed E-state index contributed by atoms with van der Waals surface area (Å²) in [7, 11) is 4.56. The minimum Gasteiger partial charge on any atom is -0.493 e. The van der Waals surface area contributed by atoms with Crippen LogP contribution in [0.2, 0.25) is 0 Å². The highest BCUT2D eigenvalue weighted by Crippen LogP contribution is 2.46. The van der Waals surface area contributed by atoms with Crippen molar-refractivity contribution in [3.8, 4) is 11.5 Å². The monoisotopic (exact) mass is 414 g/mol. The number of carbonyl (C=O) groups excluding carboxylic acids is 2. The number of ether oxygens (including phenoxy) is 2. The molecule has 0 aromatic heterocycles. The molecular weight excluding hydrogens is 387 g/mol. The number of halogens is 1.